The Labute approximate surface area is 75.4 Å². The lowest BCUT2D eigenvalue weighted by atomic mass is 10.1. The van der Waals surface area contributed by atoms with Crippen LogP contribution in [0.1, 0.15) is 11.1 Å². The molecule has 66 valence electrons. The molecule has 0 aliphatic rings. The molecule has 0 saturated heterocycles. The van der Waals surface area contributed by atoms with Crippen LogP contribution < -0.4 is 0 Å². The van der Waals surface area contributed by atoms with Gasteiger partial charge in [-0.2, -0.15) is 5.26 Å². The van der Waals surface area contributed by atoms with Crippen molar-refractivity contribution in [3.05, 3.63) is 23.3 Å². The van der Waals surface area contributed by atoms with Crippen molar-refractivity contribution in [2.75, 3.05) is 7.05 Å². The van der Waals surface area contributed by atoms with Crippen LogP contribution in [-0.4, -0.2) is 23.5 Å². The molecule has 0 spiro atoms. The summed E-state index contributed by atoms with van der Waals surface area (Å²) in [5, 5.41) is 27.1. The number of hydrogen-bond donors (Lipinski definition) is 2. The maximum Gasteiger partial charge on any atom is 0.167 e. The van der Waals surface area contributed by atoms with E-state index in [4.69, 9.17) is 10.4 Å². The van der Waals surface area contributed by atoms with Gasteiger partial charge in [-0.3, -0.25) is 4.99 Å². The summed E-state index contributed by atoms with van der Waals surface area (Å²) in [5.74, 6) is -0.571. The van der Waals surface area contributed by atoms with Crippen LogP contribution in [-0.2, 0) is 0 Å². The summed E-state index contributed by atoms with van der Waals surface area (Å²) in [6.07, 6.45) is 1.33. The van der Waals surface area contributed by atoms with Gasteiger partial charge in [-0.05, 0) is 12.1 Å². The topological polar surface area (TPSA) is 76.6 Å². The number of phenols is 2. The van der Waals surface area contributed by atoms with E-state index in [1.54, 1.807) is 0 Å². The van der Waals surface area contributed by atoms with Crippen LogP contribution in [0.25, 0.3) is 0 Å². The molecule has 0 aromatic heterocycles. The third-order valence-electron chi connectivity index (χ3n) is 1.57. The molecule has 0 amide bonds. The Kier molecular flexibility index (Phi) is 2.50. The van der Waals surface area contributed by atoms with Crippen LogP contribution in [0.15, 0.2) is 17.1 Å². The third-order valence-corrected chi connectivity index (χ3v) is 1.57. The van der Waals surface area contributed by atoms with E-state index in [0.29, 0.717) is 0 Å². The lowest BCUT2D eigenvalue weighted by Crippen LogP contribution is -1.89. The summed E-state index contributed by atoms with van der Waals surface area (Å²) in [5.41, 5.74) is 0.519. The Morgan fingerprint density at radius 2 is 2.15 bits per heavy atom. The number of aliphatic imine (C=N–C) groups is 1. The number of nitriles is 1. The lowest BCUT2D eigenvalue weighted by Gasteiger charge is -2.02. The predicted octanol–water partition coefficient (Wildman–Crippen LogP) is 1.02. The second kappa shape index (κ2) is 3.59. The molecule has 0 saturated carbocycles. The highest BCUT2D eigenvalue weighted by atomic mass is 16.3. The van der Waals surface area contributed by atoms with Crippen molar-refractivity contribution in [3.8, 4) is 17.6 Å². The van der Waals surface area contributed by atoms with Crippen molar-refractivity contribution in [3.63, 3.8) is 0 Å². The molecule has 0 radical (unpaired) electrons. The highest BCUT2D eigenvalue weighted by molar-refractivity contribution is 5.88. The molecular weight excluding hydrogens is 168 g/mol. The maximum atomic E-state index is 9.35. The van der Waals surface area contributed by atoms with Crippen LogP contribution >= 0.6 is 0 Å². The smallest absolute Gasteiger partial charge is 0.167 e. The van der Waals surface area contributed by atoms with E-state index >= 15 is 0 Å². The zero-order chi connectivity index (χ0) is 9.84. The largest absolute Gasteiger partial charge is 0.504 e. The normalized spacial score (nSPS) is 10.2. The van der Waals surface area contributed by atoms with Crippen LogP contribution in [0, 0.1) is 11.3 Å². The Hall–Kier alpha value is -2.02. The van der Waals surface area contributed by atoms with Gasteiger partial charge in [0, 0.05) is 13.3 Å². The Balaban J connectivity index is 3.43. The van der Waals surface area contributed by atoms with Crippen LogP contribution in [0.4, 0.5) is 0 Å². The van der Waals surface area contributed by atoms with E-state index in [0.717, 1.165) is 0 Å². The SMILES string of the molecule is CN=Cc1c(C#N)ccc(O)c1O. The highest BCUT2D eigenvalue weighted by Gasteiger charge is 2.09. The standard InChI is InChI=1S/C9H8N2O2/c1-11-5-7-6(4-10)2-3-8(12)9(7)13/h2-3,5,12-13H,1H3. The van der Waals surface area contributed by atoms with Gasteiger partial charge in [0.2, 0.25) is 0 Å². The van der Waals surface area contributed by atoms with E-state index in [2.05, 4.69) is 4.99 Å². The molecule has 1 aromatic carbocycles. The first kappa shape index (κ1) is 9.07. The molecule has 0 aliphatic carbocycles. The molecule has 4 heteroatoms. The van der Waals surface area contributed by atoms with Gasteiger partial charge in [-0.15, -0.1) is 0 Å². The zero-order valence-electron chi connectivity index (χ0n) is 7.02. The summed E-state index contributed by atoms with van der Waals surface area (Å²) in [7, 11) is 1.52. The minimum atomic E-state index is -0.315. The number of nitrogens with zero attached hydrogens (tertiary/aromatic N) is 2. The van der Waals surface area contributed by atoms with Crippen molar-refractivity contribution in [2.24, 2.45) is 4.99 Å². The summed E-state index contributed by atoms with van der Waals surface area (Å²) < 4.78 is 0. The van der Waals surface area contributed by atoms with Gasteiger partial charge >= 0.3 is 0 Å². The monoisotopic (exact) mass is 176 g/mol. The van der Waals surface area contributed by atoms with Crippen molar-refractivity contribution >= 4 is 6.21 Å². The Morgan fingerprint density at radius 3 is 2.69 bits per heavy atom. The second-order valence-electron chi connectivity index (χ2n) is 2.39. The van der Waals surface area contributed by atoms with Gasteiger partial charge in [0.05, 0.1) is 17.2 Å². The molecule has 0 fully saturated rings. The highest BCUT2D eigenvalue weighted by Crippen LogP contribution is 2.29. The molecule has 1 rings (SSSR count). The zero-order valence-corrected chi connectivity index (χ0v) is 7.02. The van der Waals surface area contributed by atoms with Crippen molar-refractivity contribution in [1.82, 2.24) is 0 Å². The van der Waals surface area contributed by atoms with Gasteiger partial charge in [0.15, 0.2) is 11.5 Å². The second-order valence-corrected chi connectivity index (χ2v) is 2.39. The molecular formula is C9H8N2O2. The summed E-state index contributed by atoms with van der Waals surface area (Å²) in [4.78, 5) is 3.67. The molecule has 2 N–H and O–H groups in total. The van der Waals surface area contributed by atoms with E-state index in [1.165, 1.54) is 25.4 Å². The lowest BCUT2D eigenvalue weighted by molar-refractivity contribution is 0.403. The fourth-order valence-corrected chi connectivity index (χ4v) is 0.954. The number of rotatable bonds is 1. The van der Waals surface area contributed by atoms with Gasteiger partial charge < -0.3 is 10.2 Å². The molecule has 13 heavy (non-hydrogen) atoms. The number of hydrogen-bond acceptors (Lipinski definition) is 4. The number of phenolic OH excluding ortho intramolecular Hbond substituents is 2. The quantitative estimate of drug-likeness (QED) is 0.495. The van der Waals surface area contributed by atoms with Gasteiger partial charge in [0.25, 0.3) is 0 Å². The molecule has 4 nitrogen and oxygen atoms in total. The van der Waals surface area contributed by atoms with Crippen LogP contribution in [0.5, 0.6) is 11.5 Å². The average Bonchev–Trinajstić information content (AvgIpc) is 2.14. The van der Waals surface area contributed by atoms with Gasteiger partial charge in [-0.25, -0.2) is 0 Å². The van der Waals surface area contributed by atoms with E-state index in [1.807, 2.05) is 6.07 Å². The fraction of sp³-hybridized carbons (Fsp3) is 0.111. The van der Waals surface area contributed by atoms with E-state index < -0.39 is 0 Å². The van der Waals surface area contributed by atoms with E-state index in [-0.39, 0.29) is 22.6 Å². The van der Waals surface area contributed by atoms with Gasteiger partial charge in [-0.1, -0.05) is 0 Å². The van der Waals surface area contributed by atoms with Crippen molar-refractivity contribution in [2.45, 2.75) is 0 Å². The first-order valence-corrected chi connectivity index (χ1v) is 3.58. The maximum absolute atomic E-state index is 9.35. The Morgan fingerprint density at radius 1 is 1.46 bits per heavy atom. The third kappa shape index (κ3) is 1.59. The molecule has 0 heterocycles. The number of benzene rings is 1. The van der Waals surface area contributed by atoms with Crippen molar-refractivity contribution in [1.29, 1.82) is 5.26 Å². The summed E-state index contributed by atoms with van der Waals surface area (Å²) >= 11 is 0. The van der Waals surface area contributed by atoms with Crippen molar-refractivity contribution < 1.29 is 10.2 Å². The minimum absolute atomic E-state index is 0.241. The number of aromatic hydroxyl groups is 2. The van der Waals surface area contributed by atoms with Crippen LogP contribution in [0.2, 0.25) is 0 Å². The summed E-state index contributed by atoms with van der Waals surface area (Å²) in [6.45, 7) is 0. The minimum Gasteiger partial charge on any atom is -0.504 e. The van der Waals surface area contributed by atoms with Crippen LogP contribution in [0.3, 0.4) is 0 Å². The molecule has 0 atom stereocenters. The van der Waals surface area contributed by atoms with E-state index in [9.17, 15) is 5.11 Å². The molecule has 0 unspecified atom stereocenters. The van der Waals surface area contributed by atoms with Gasteiger partial charge in [0.1, 0.15) is 0 Å². The Bertz CT molecular complexity index is 391. The molecule has 0 aliphatic heterocycles. The average molecular weight is 176 g/mol. The fourth-order valence-electron chi connectivity index (χ4n) is 0.954. The summed E-state index contributed by atoms with van der Waals surface area (Å²) in [6, 6.07) is 4.57. The first-order valence-electron chi connectivity index (χ1n) is 3.58. The first-order chi connectivity index (χ1) is 6.20. The predicted molar refractivity (Wildman–Crippen MR) is 48.0 cm³/mol. The molecule has 0 bridgehead atoms. The molecule has 1 aromatic rings.